The maximum absolute atomic E-state index is 11.5. The van der Waals surface area contributed by atoms with Crippen molar-refractivity contribution in [3.63, 3.8) is 0 Å². The molecule has 3 nitrogen and oxygen atoms in total. The van der Waals surface area contributed by atoms with Crippen LogP contribution in [-0.4, -0.2) is 10.5 Å². The number of hydrogen-bond donors (Lipinski definition) is 2. The van der Waals surface area contributed by atoms with Gasteiger partial charge in [-0.05, 0) is 41.2 Å². The predicted octanol–water partition coefficient (Wildman–Crippen LogP) is 3.74. The average molecular weight is 275 g/mol. The molecule has 19 heavy (non-hydrogen) atoms. The first-order valence-corrected chi connectivity index (χ1v) is 7.58. The zero-order chi connectivity index (χ0) is 13.9. The Bertz CT molecular complexity index is 586. The average Bonchev–Trinajstić information content (AvgIpc) is 2.39. The molecule has 0 saturated heterocycles. The smallest absolute Gasteiger partial charge is 0.227 e. The van der Waals surface area contributed by atoms with Crippen LogP contribution in [0.4, 0.5) is 0 Å². The van der Waals surface area contributed by atoms with Crippen LogP contribution in [0.5, 0.6) is 0 Å². The van der Waals surface area contributed by atoms with Crippen LogP contribution in [0.1, 0.15) is 12.5 Å². The summed E-state index contributed by atoms with van der Waals surface area (Å²) < 4.78 is 13.8. The molecular weight excluding hydrogens is 258 g/mol. The highest BCUT2D eigenvalue weighted by molar-refractivity contribution is 8.28. The number of rotatable bonds is 3. The molecule has 1 atom stereocenters. The summed E-state index contributed by atoms with van der Waals surface area (Å²) in [5.41, 5.74) is 0.956. The highest BCUT2D eigenvalue weighted by Crippen LogP contribution is 2.56. The Labute approximate surface area is 114 Å². The van der Waals surface area contributed by atoms with Gasteiger partial charge in [-0.3, -0.25) is 9.52 Å². The molecule has 0 bridgehead atoms. The monoisotopic (exact) mass is 275 g/mol. The Morgan fingerprint density at radius 1 is 1.05 bits per heavy atom. The van der Waals surface area contributed by atoms with Crippen molar-refractivity contribution in [2.45, 2.75) is 23.6 Å². The Morgan fingerprint density at radius 3 is 2.21 bits per heavy atom. The lowest BCUT2D eigenvalue weighted by molar-refractivity contribution is -0.117. The highest BCUT2D eigenvalue weighted by atomic mass is 32.3. The summed E-state index contributed by atoms with van der Waals surface area (Å²) in [7, 11) is -2.53. The molecular formula is C15H17NO2S. The molecule has 0 heterocycles. The van der Waals surface area contributed by atoms with Gasteiger partial charge in [0, 0.05) is 16.7 Å². The minimum atomic E-state index is -2.53. The van der Waals surface area contributed by atoms with Gasteiger partial charge in [0.25, 0.3) is 0 Å². The van der Waals surface area contributed by atoms with E-state index in [1.165, 1.54) is 6.92 Å². The van der Waals surface area contributed by atoms with E-state index in [1.807, 2.05) is 61.5 Å². The zero-order valence-electron chi connectivity index (χ0n) is 11.0. The summed E-state index contributed by atoms with van der Waals surface area (Å²) in [6.45, 7) is 3.34. The Balaban J connectivity index is 2.59. The molecule has 0 aliphatic heterocycles. The second-order valence-corrected chi connectivity index (χ2v) is 6.59. The number of carbonyl (C=O) groups is 1. The van der Waals surface area contributed by atoms with Gasteiger partial charge in [-0.1, -0.05) is 36.4 Å². The normalized spacial score (nSPS) is 15.3. The number of aryl methyl sites for hydroxylation is 1. The van der Waals surface area contributed by atoms with Crippen LogP contribution in [0.15, 0.2) is 64.4 Å². The van der Waals surface area contributed by atoms with Crippen molar-refractivity contribution >= 4 is 16.4 Å². The van der Waals surface area contributed by atoms with Crippen LogP contribution in [0.25, 0.3) is 0 Å². The van der Waals surface area contributed by atoms with Crippen molar-refractivity contribution in [3.05, 3.63) is 60.2 Å². The second kappa shape index (κ2) is 5.47. The quantitative estimate of drug-likeness (QED) is 0.896. The van der Waals surface area contributed by atoms with E-state index in [4.69, 9.17) is 0 Å². The third-order valence-corrected chi connectivity index (χ3v) is 5.42. The fraction of sp³-hybridized carbons (Fsp3) is 0.133. The fourth-order valence-corrected chi connectivity index (χ4v) is 4.21. The van der Waals surface area contributed by atoms with Crippen LogP contribution >= 0.6 is 10.5 Å². The van der Waals surface area contributed by atoms with Crippen molar-refractivity contribution in [1.82, 2.24) is 4.72 Å². The van der Waals surface area contributed by atoms with Crippen LogP contribution in [0, 0.1) is 6.92 Å². The summed E-state index contributed by atoms with van der Waals surface area (Å²) in [6.07, 6.45) is 0. The van der Waals surface area contributed by atoms with Crippen molar-refractivity contribution in [2.24, 2.45) is 0 Å². The molecule has 2 N–H and O–H groups in total. The number of hydrogen-bond acceptors (Lipinski definition) is 2. The summed E-state index contributed by atoms with van der Waals surface area (Å²) in [5.74, 6) is -0.246. The minimum Gasteiger partial charge on any atom is -0.325 e. The topological polar surface area (TPSA) is 49.3 Å². The molecule has 4 heteroatoms. The lowest BCUT2D eigenvalue weighted by Crippen LogP contribution is -2.26. The summed E-state index contributed by atoms with van der Waals surface area (Å²) >= 11 is 0. The van der Waals surface area contributed by atoms with Gasteiger partial charge < -0.3 is 4.55 Å². The first-order chi connectivity index (χ1) is 9.04. The summed E-state index contributed by atoms with van der Waals surface area (Å²) in [6, 6.07) is 16.8. The molecule has 0 saturated carbocycles. The van der Waals surface area contributed by atoms with Crippen LogP contribution < -0.4 is 4.72 Å². The SMILES string of the molecule is CC(=O)NS(O)(c1ccccc1)c1ccccc1C. The first-order valence-electron chi connectivity index (χ1n) is 5.99. The van der Waals surface area contributed by atoms with E-state index in [0.717, 1.165) is 15.4 Å². The minimum absolute atomic E-state index is 0.246. The van der Waals surface area contributed by atoms with E-state index in [-0.39, 0.29) is 5.91 Å². The molecule has 1 unspecified atom stereocenters. The zero-order valence-corrected chi connectivity index (χ0v) is 11.8. The Morgan fingerprint density at radius 2 is 1.63 bits per heavy atom. The second-order valence-electron chi connectivity index (χ2n) is 4.32. The number of nitrogens with one attached hydrogen (secondary N) is 1. The van der Waals surface area contributed by atoms with Crippen molar-refractivity contribution in [1.29, 1.82) is 0 Å². The van der Waals surface area contributed by atoms with E-state index in [2.05, 4.69) is 4.72 Å². The van der Waals surface area contributed by atoms with Gasteiger partial charge in [0.15, 0.2) is 0 Å². The van der Waals surface area contributed by atoms with Gasteiger partial charge in [0.05, 0.1) is 0 Å². The van der Waals surface area contributed by atoms with Crippen LogP contribution in [0.3, 0.4) is 0 Å². The fourth-order valence-electron chi connectivity index (χ4n) is 1.95. The van der Waals surface area contributed by atoms with Gasteiger partial charge in [0.2, 0.25) is 5.91 Å². The number of amides is 1. The van der Waals surface area contributed by atoms with Crippen molar-refractivity contribution in [2.75, 3.05) is 0 Å². The molecule has 2 aromatic rings. The molecule has 0 aliphatic carbocycles. The van der Waals surface area contributed by atoms with Crippen LogP contribution in [-0.2, 0) is 4.79 Å². The molecule has 2 aromatic carbocycles. The molecule has 2 rings (SSSR count). The maximum atomic E-state index is 11.5. The Hall–Kier alpha value is -1.78. The molecule has 100 valence electrons. The van der Waals surface area contributed by atoms with E-state index in [0.29, 0.717) is 0 Å². The van der Waals surface area contributed by atoms with Gasteiger partial charge in [-0.25, -0.2) is 0 Å². The van der Waals surface area contributed by atoms with Gasteiger partial charge in [0.1, 0.15) is 0 Å². The molecule has 0 radical (unpaired) electrons. The van der Waals surface area contributed by atoms with Crippen molar-refractivity contribution in [3.8, 4) is 0 Å². The maximum Gasteiger partial charge on any atom is 0.227 e. The van der Waals surface area contributed by atoms with E-state index in [1.54, 1.807) is 0 Å². The standard InChI is InChI=1S/C15H17NO2S/c1-12-8-6-7-11-15(12)19(18,16-13(2)17)14-9-4-3-5-10-14/h3-11,18H,1-2H3,(H,16,17). The van der Waals surface area contributed by atoms with Gasteiger partial charge in [-0.15, -0.1) is 0 Å². The molecule has 0 aromatic heterocycles. The van der Waals surface area contributed by atoms with Gasteiger partial charge in [-0.2, -0.15) is 0 Å². The summed E-state index contributed by atoms with van der Waals surface area (Å²) in [5, 5.41) is 0. The highest BCUT2D eigenvalue weighted by Gasteiger charge is 2.28. The molecule has 0 fully saturated rings. The molecule has 1 amide bonds. The molecule has 0 spiro atoms. The van der Waals surface area contributed by atoms with Crippen molar-refractivity contribution < 1.29 is 9.35 Å². The number of carbonyl (C=O) groups excluding carboxylic acids is 1. The van der Waals surface area contributed by atoms with E-state index >= 15 is 0 Å². The Kier molecular flexibility index (Phi) is 3.93. The van der Waals surface area contributed by atoms with E-state index in [9.17, 15) is 9.35 Å². The third-order valence-electron chi connectivity index (χ3n) is 2.79. The lowest BCUT2D eigenvalue weighted by Gasteiger charge is -2.36. The molecule has 0 aliphatic rings. The van der Waals surface area contributed by atoms with Crippen LogP contribution in [0.2, 0.25) is 0 Å². The predicted molar refractivity (Wildman–Crippen MR) is 78.2 cm³/mol. The van der Waals surface area contributed by atoms with E-state index < -0.39 is 10.5 Å². The lowest BCUT2D eigenvalue weighted by atomic mass is 10.2. The largest absolute Gasteiger partial charge is 0.325 e. The summed E-state index contributed by atoms with van der Waals surface area (Å²) in [4.78, 5) is 12.9. The first kappa shape index (κ1) is 13.6. The van der Waals surface area contributed by atoms with Gasteiger partial charge >= 0.3 is 0 Å². The number of benzene rings is 2. The third kappa shape index (κ3) is 2.80.